The van der Waals surface area contributed by atoms with E-state index in [0.29, 0.717) is 40.2 Å². The van der Waals surface area contributed by atoms with Crippen LogP contribution in [0.25, 0.3) is 28.2 Å². The number of aromatic nitrogens is 4. The van der Waals surface area contributed by atoms with Crippen molar-refractivity contribution in [1.82, 2.24) is 24.2 Å². The number of fused-ring (bicyclic) bond motifs is 1. The summed E-state index contributed by atoms with van der Waals surface area (Å²) in [6.07, 6.45) is -0.748. The number of sulfonamides is 1. The van der Waals surface area contributed by atoms with Crippen LogP contribution >= 0.6 is 0 Å². The largest absolute Gasteiger partial charge is 0.407 e. The third kappa shape index (κ3) is 4.06. The first-order chi connectivity index (χ1) is 16.5. The van der Waals surface area contributed by atoms with Gasteiger partial charge in [-0.2, -0.15) is 17.9 Å². The van der Waals surface area contributed by atoms with Crippen LogP contribution in [0.4, 0.5) is 17.6 Å². The lowest BCUT2D eigenvalue weighted by Gasteiger charge is -2.20. The summed E-state index contributed by atoms with van der Waals surface area (Å²) in [6.45, 7) is 1.83. The normalized spacial score (nSPS) is 15.5. The summed E-state index contributed by atoms with van der Waals surface area (Å²) in [6, 6.07) is 8.97. The van der Waals surface area contributed by atoms with Crippen LogP contribution in [0.1, 0.15) is 25.3 Å². The molecule has 0 saturated heterocycles. The van der Waals surface area contributed by atoms with Crippen molar-refractivity contribution in [2.45, 2.75) is 42.8 Å². The first-order valence-corrected chi connectivity index (χ1v) is 12.2. The fourth-order valence-electron chi connectivity index (χ4n) is 3.93. The van der Waals surface area contributed by atoms with E-state index in [4.69, 9.17) is 0 Å². The summed E-state index contributed by atoms with van der Waals surface area (Å²) in [5.41, 5.74) is -0.528. The van der Waals surface area contributed by atoms with Gasteiger partial charge in [0.2, 0.25) is 16.0 Å². The van der Waals surface area contributed by atoms with Crippen molar-refractivity contribution in [3.05, 3.63) is 66.4 Å². The highest BCUT2D eigenvalue weighted by atomic mass is 32.2. The van der Waals surface area contributed by atoms with Crippen LogP contribution in [-0.4, -0.2) is 39.7 Å². The average Bonchev–Trinajstić information content (AvgIpc) is 3.52. The molecule has 7 nitrogen and oxygen atoms in total. The topological polar surface area (TPSA) is 89.8 Å². The Bertz CT molecular complexity index is 1510. The highest BCUT2D eigenvalue weighted by Crippen LogP contribution is 2.49. The van der Waals surface area contributed by atoms with Crippen molar-refractivity contribution >= 4 is 20.9 Å². The summed E-state index contributed by atoms with van der Waals surface area (Å²) >= 11 is 0. The van der Waals surface area contributed by atoms with E-state index in [1.165, 1.54) is 18.2 Å². The van der Waals surface area contributed by atoms with Crippen LogP contribution in [0.5, 0.6) is 0 Å². The molecule has 3 aromatic heterocycles. The second-order valence-corrected chi connectivity index (χ2v) is 10.0. The van der Waals surface area contributed by atoms with E-state index in [2.05, 4.69) is 15.0 Å². The summed E-state index contributed by atoms with van der Waals surface area (Å²) < 4.78 is 82.8. The van der Waals surface area contributed by atoms with Crippen LogP contribution in [0.3, 0.4) is 0 Å². The van der Waals surface area contributed by atoms with Gasteiger partial charge in [-0.05, 0) is 61.2 Å². The van der Waals surface area contributed by atoms with Gasteiger partial charge in [0.25, 0.3) is 0 Å². The monoisotopic (exact) mass is 505 g/mol. The smallest absolute Gasteiger partial charge is 0.276 e. The molecule has 35 heavy (non-hydrogen) atoms. The number of hydrogen-bond donors (Lipinski definition) is 1. The summed E-state index contributed by atoms with van der Waals surface area (Å²) in [5, 5.41) is 0.558. The minimum absolute atomic E-state index is 0.298. The van der Waals surface area contributed by atoms with Crippen LogP contribution in [0, 0.1) is 5.82 Å². The van der Waals surface area contributed by atoms with E-state index >= 15 is 0 Å². The molecule has 12 heteroatoms. The third-order valence-electron chi connectivity index (χ3n) is 6.03. The molecule has 0 radical (unpaired) electrons. The third-order valence-corrected chi connectivity index (χ3v) is 7.56. The second kappa shape index (κ2) is 8.09. The first-order valence-electron chi connectivity index (χ1n) is 10.7. The molecule has 1 fully saturated rings. The van der Waals surface area contributed by atoms with Gasteiger partial charge < -0.3 is 0 Å². The first kappa shape index (κ1) is 23.4. The van der Waals surface area contributed by atoms with E-state index in [1.807, 2.05) is 6.92 Å². The van der Waals surface area contributed by atoms with Crippen molar-refractivity contribution in [3.63, 3.8) is 0 Å². The Morgan fingerprint density at radius 1 is 1.09 bits per heavy atom. The number of benzene rings is 1. The maximum atomic E-state index is 14.5. The summed E-state index contributed by atoms with van der Waals surface area (Å²) in [4.78, 5) is 12.4. The summed E-state index contributed by atoms with van der Waals surface area (Å²) in [7, 11) is -4.45. The molecular weight excluding hydrogens is 486 g/mol. The average molecular weight is 505 g/mol. The second-order valence-electron chi connectivity index (χ2n) is 8.33. The van der Waals surface area contributed by atoms with Gasteiger partial charge in [-0.1, -0.05) is 6.92 Å². The minimum atomic E-state index is -4.68. The number of pyridine rings is 1. The summed E-state index contributed by atoms with van der Waals surface area (Å²) in [5.74, 6) is -0.0657. The van der Waals surface area contributed by atoms with Gasteiger partial charge in [0, 0.05) is 24.0 Å². The van der Waals surface area contributed by atoms with Crippen LogP contribution in [-0.2, 0) is 16.4 Å². The Morgan fingerprint density at radius 3 is 2.37 bits per heavy atom. The molecule has 5 rings (SSSR count). The number of halogens is 4. The Morgan fingerprint density at radius 2 is 1.80 bits per heavy atom. The van der Waals surface area contributed by atoms with Gasteiger partial charge in [-0.3, -0.25) is 9.55 Å². The molecule has 3 heterocycles. The van der Waals surface area contributed by atoms with Crippen molar-refractivity contribution < 1.29 is 26.0 Å². The van der Waals surface area contributed by atoms with Gasteiger partial charge in [-0.25, -0.2) is 22.8 Å². The Labute approximate surface area is 197 Å². The molecule has 0 spiro atoms. The molecular formula is C23H19F4N5O2S. The number of nitrogens with zero attached hydrogens (tertiary/aromatic N) is 4. The molecule has 0 unspecified atom stereocenters. The molecule has 0 amide bonds. The lowest BCUT2D eigenvalue weighted by molar-refractivity contribution is -0.160. The molecule has 4 aromatic rings. The predicted octanol–water partition coefficient (Wildman–Crippen LogP) is 4.56. The maximum absolute atomic E-state index is 14.5. The molecule has 1 aliphatic carbocycles. The molecule has 0 bridgehead atoms. The molecule has 0 atom stereocenters. The van der Waals surface area contributed by atoms with E-state index in [1.54, 1.807) is 39.9 Å². The molecule has 1 aromatic carbocycles. The number of nitrogens with one attached hydrogen (secondary N) is 1. The zero-order chi connectivity index (χ0) is 25.0. The Kier molecular flexibility index (Phi) is 5.40. The van der Waals surface area contributed by atoms with Crippen LogP contribution < -0.4 is 4.72 Å². The van der Waals surface area contributed by atoms with Crippen molar-refractivity contribution in [3.8, 4) is 17.3 Å². The lowest BCUT2D eigenvalue weighted by atomic mass is 10.1. The number of hydrogen-bond acceptors (Lipinski definition) is 5. The van der Waals surface area contributed by atoms with Gasteiger partial charge in [0.05, 0.1) is 16.9 Å². The zero-order valence-corrected chi connectivity index (χ0v) is 19.2. The van der Waals surface area contributed by atoms with E-state index in [9.17, 15) is 26.0 Å². The van der Waals surface area contributed by atoms with Gasteiger partial charge in [-0.15, -0.1) is 0 Å². The fourth-order valence-corrected chi connectivity index (χ4v) is 5.32. The highest BCUT2D eigenvalue weighted by Gasteiger charge is 2.65. The maximum Gasteiger partial charge on any atom is 0.407 e. The minimum Gasteiger partial charge on any atom is -0.276 e. The van der Waals surface area contributed by atoms with Gasteiger partial charge in [0.1, 0.15) is 16.3 Å². The van der Waals surface area contributed by atoms with Gasteiger partial charge in [0.15, 0.2) is 0 Å². The van der Waals surface area contributed by atoms with Crippen molar-refractivity contribution in [2.75, 3.05) is 0 Å². The quantitative estimate of drug-likeness (QED) is 0.388. The SMILES string of the molecule is CCc1cc2c(cc1F)cc(-c1ccc(S(=O)(=O)NC3(C(F)(F)F)CC3)cn1)n2-c1ncccn1. The van der Waals surface area contributed by atoms with Crippen LogP contribution in [0.2, 0.25) is 0 Å². The molecule has 1 saturated carbocycles. The number of alkyl halides is 3. The Balaban J connectivity index is 1.58. The highest BCUT2D eigenvalue weighted by molar-refractivity contribution is 7.89. The van der Waals surface area contributed by atoms with Crippen LogP contribution in [0.15, 0.2) is 59.9 Å². The zero-order valence-electron chi connectivity index (χ0n) is 18.3. The Hall–Kier alpha value is -3.38. The van der Waals surface area contributed by atoms with E-state index < -0.39 is 26.6 Å². The fraction of sp³-hybridized carbons (Fsp3) is 0.261. The van der Waals surface area contributed by atoms with Crippen molar-refractivity contribution in [1.29, 1.82) is 0 Å². The number of rotatable bonds is 6. The van der Waals surface area contributed by atoms with E-state index in [0.717, 1.165) is 6.20 Å². The molecule has 182 valence electrons. The number of aryl methyl sites for hydroxylation is 1. The van der Waals surface area contributed by atoms with Crippen molar-refractivity contribution in [2.24, 2.45) is 0 Å². The molecule has 0 aliphatic heterocycles. The molecule has 1 aliphatic rings. The predicted molar refractivity (Wildman–Crippen MR) is 120 cm³/mol. The molecule has 1 N–H and O–H groups in total. The van der Waals surface area contributed by atoms with E-state index in [-0.39, 0.29) is 18.7 Å². The standard InChI is InChI=1S/C23H19F4N5O2S/c1-2-14-11-19-15(10-17(14)24)12-20(32(19)21-28-8-3-9-29-21)18-5-4-16(13-30-18)35(33,34)31-22(6-7-22)23(25,26)27/h3-5,8-13,31H,2,6-7H2,1H3. The van der Waals surface area contributed by atoms with Gasteiger partial charge >= 0.3 is 6.18 Å². The lowest BCUT2D eigenvalue weighted by Crippen LogP contribution is -2.47.